The fraction of sp³-hybridized carbons (Fsp3) is 0.500. The van der Waals surface area contributed by atoms with Crippen LogP contribution in [-0.2, 0) is 11.3 Å². The van der Waals surface area contributed by atoms with Gasteiger partial charge in [0.05, 0.1) is 0 Å². The maximum atomic E-state index is 12.1. The number of benzene rings is 1. The van der Waals surface area contributed by atoms with Gasteiger partial charge in [-0.3, -0.25) is 4.79 Å². The number of halogens is 2. The summed E-state index contributed by atoms with van der Waals surface area (Å²) >= 11 is 11.9. The van der Waals surface area contributed by atoms with E-state index in [9.17, 15) is 4.79 Å². The van der Waals surface area contributed by atoms with Gasteiger partial charge in [-0.2, -0.15) is 0 Å². The minimum Gasteiger partial charge on any atom is -0.341 e. The van der Waals surface area contributed by atoms with Crippen molar-refractivity contribution in [2.45, 2.75) is 26.3 Å². The lowest BCUT2D eigenvalue weighted by atomic mass is 10.0. The second-order valence-corrected chi connectivity index (χ2v) is 5.61. The molecule has 0 spiro atoms. The number of hydrogen-bond acceptors (Lipinski definition) is 2. The Kier molecular flexibility index (Phi) is 6.63. The number of carbonyl (C=O) groups excluding carboxylic acids is 1. The van der Waals surface area contributed by atoms with E-state index in [1.807, 2.05) is 13.0 Å². The van der Waals surface area contributed by atoms with Crippen LogP contribution in [0, 0.1) is 5.92 Å². The molecule has 1 rings (SSSR count). The van der Waals surface area contributed by atoms with E-state index in [1.165, 1.54) is 0 Å². The van der Waals surface area contributed by atoms with Crippen molar-refractivity contribution in [2.75, 3.05) is 13.6 Å². The van der Waals surface area contributed by atoms with Crippen molar-refractivity contribution >= 4 is 29.1 Å². The average Bonchev–Trinajstić information content (AvgIpc) is 2.38. The van der Waals surface area contributed by atoms with Gasteiger partial charge in [0.2, 0.25) is 5.91 Å². The first kappa shape index (κ1) is 16.3. The highest BCUT2D eigenvalue weighted by atomic mass is 35.5. The van der Waals surface area contributed by atoms with Gasteiger partial charge in [-0.15, -0.1) is 0 Å². The minimum absolute atomic E-state index is 0.0142. The van der Waals surface area contributed by atoms with Gasteiger partial charge in [-0.1, -0.05) is 36.2 Å². The van der Waals surface area contributed by atoms with E-state index in [2.05, 4.69) is 0 Å². The number of nitrogens with zero attached hydrogens (tertiary/aromatic N) is 1. The molecule has 1 atom stereocenters. The Morgan fingerprint density at radius 3 is 2.68 bits per heavy atom. The van der Waals surface area contributed by atoms with E-state index < -0.39 is 0 Å². The summed E-state index contributed by atoms with van der Waals surface area (Å²) in [6, 6.07) is 5.31. The summed E-state index contributed by atoms with van der Waals surface area (Å²) in [7, 11) is 1.78. The molecule has 19 heavy (non-hydrogen) atoms. The van der Waals surface area contributed by atoms with Crippen LogP contribution in [0.2, 0.25) is 10.0 Å². The quantitative estimate of drug-likeness (QED) is 0.876. The van der Waals surface area contributed by atoms with E-state index >= 15 is 0 Å². The first-order valence-electron chi connectivity index (χ1n) is 6.34. The SMILES string of the molecule is CC(CCCN)C(=O)N(C)Cc1ccc(Cl)cc1Cl. The van der Waals surface area contributed by atoms with Crippen LogP contribution < -0.4 is 5.73 Å². The van der Waals surface area contributed by atoms with Crippen LogP contribution in [0.25, 0.3) is 0 Å². The lowest BCUT2D eigenvalue weighted by molar-refractivity contribution is -0.134. The van der Waals surface area contributed by atoms with Gasteiger partial charge < -0.3 is 10.6 Å². The predicted molar refractivity (Wildman–Crippen MR) is 80.4 cm³/mol. The van der Waals surface area contributed by atoms with Gasteiger partial charge in [0.1, 0.15) is 0 Å². The van der Waals surface area contributed by atoms with Crippen LogP contribution >= 0.6 is 23.2 Å². The highest BCUT2D eigenvalue weighted by molar-refractivity contribution is 6.35. The summed E-state index contributed by atoms with van der Waals surface area (Å²) in [5.74, 6) is 0.0964. The first-order chi connectivity index (χ1) is 8.95. The van der Waals surface area contributed by atoms with Gasteiger partial charge in [-0.25, -0.2) is 0 Å². The third-order valence-corrected chi connectivity index (χ3v) is 3.65. The van der Waals surface area contributed by atoms with Gasteiger partial charge in [0.15, 0.2) is 0 Å². The van der Waals surface area contributed by atoms with E-state index in [0.717, 1.165) is 18.4 Å². The van der Waals surface area contributed by atoms with Gasteiger partial charge >= 0.3 is 0 Å². The molecule has 0 aliphatic carbocycles. The molecule has 3 nitrogen and oxygen atoms in total. The maximum Gasteiger partial charge on any atom is 0.225 e. The molecule has 0 bridgehead atoms. The Morgan fingerprint density at radius 1 is 1.42 bits per heavy atom. The van der Waals surface area contributed by atoms with Crippen LogP contribution in [-0.4, -0.2) is 24.4 Å². The van der Waals surface area contributed by atoms with E-state index in [-0.39, 0.29) is 11.8 Å². The molecule has 0 aliphatic rings. The fourth-order valence-electron chi connectivity index (χ4n) is 1.91. The molecule has 0 aromatic heterocycles. The van der Waals surface area contributed by atoms with Crippen LogP contribution in [0.15, 0.2) is 18.2 Å². The van der Waals surface area contributed by atoms with E-state index in [1.54, 1.807) is 24.1 Å². The molecule has 106 valence electrons. The second kappa shape index (κ2) is 7.73. The normalized spacial score (nSPS) is 12.3. The third kappa shape index (κ3) is 5.01. The van der Waals surface area contributed by atoms with Crippen molar-refractivity contribution in [2.24, 2.45) is 11.7 Å². The Hall–Kier alpha value is -0.770. The zero-order valence-electron chi connectivity index (χ0n) is 11.3. The van der Waals surface area contributed by atoms with Crippen LogP contribution in [0.4, 0.5) is 0 Å². The summed E-state index contributed by atoms with van der Waals surface area (Å²) in [4.78, 5) is 13.8. The third-order valence-electron chi connectivity index (χ3n) is 3.06. The van der Waals surface area contributed by atoms with Crippen molar-refractivity contribution in [1.29, 1.82) is 0 Å². The van der Waals surface area contributed by atoms with Gasteiger partial charge in [-0.05, 0) is 37.1 Å². The zero-order valence-corrected chi connectivity index (χ0v) is 12.8. The molecule has 1 amide bonds. The monoisotopic (exact) mass is 302 g/mol. The predicted octanol–water partition coefficient (Wildman–Crippen LogP) is 3.33. The standard InChI is InChI=1S/C14H20Cl2N2O/c1-10(4-3-7-17)14(19)18(2)9-11-5-6-12(15)8-13(11)16/h5-6,8,10H,3-4,7,9,17H2,1-2H3. The van der Waals surface area contributed by atoms with Gasteiger partial charge in [0.25, 0.3) is 0 Å². The zero-order chi connectivity index (χ0) is 14.4. The molecule has 0 saturated carbocycles. The summed E-state index contributed by atoms with van der Waals surface area (Å²) < 4.78 is 0. The number of rotatable bonds is 6. The Bertz CT molecular complexity index is 437. The molecule has 1 aromatic rings. The summed E-state index contributed by atoms with van der Waals surface area (Å²) in [5.41, 5.74) is 6.35. The number of nitrogens with two attached hydrogens (primary N) is 1. The molecule has 0 fully saturated rings. The minimum atomic E-state index is -0.0142. The van der Waals surface area contributed by atoms with Crippen molar-refractivity contribution in [3.63, 3.8) is 0 Å². The molecule has 0 radical (unpaired) electrons. The van der Waals surface area contributed by atoms with Crippen molar-refractivity contribution < 1.29 is 4.79 Å². The van der Waals surface area contributed by atoms with E-state index in [4.69, 9.17) is 28.9 Å². The molecule has 2 N–H and O–H groups in total. The largest absolute Gasteiger partial charge is 0.341 e. The molecule has 1 aromatic carbocycles. The highest BCUT2D eigenvalue weighted by Gasteiger charge is 2.17. The van der Waals surface area contributed by atoms with Crippen molar-refractivity contribution in [3.05, 3.63) is 33.8 Å². The highest BCUT2D eigenvalue weighted by Crippen LogP contribution is 2.22. The Labute approximate surface area is 124 Å². The maximum absolute atomic E-state index is 12.1. The summed E-state index contributed by atoms with van der Waals surface area (Å²) in [6.07, 6.45) is 1.68. The van der Waals surface area contributed by atoms with Crippen LogP contribution in [0.5, 0.6) is 0 Å². The molecular weight excluding hydrogens is 283 g/mol. The van der Waals surface area contributed by atoms with Gasteiger partial charge in [0, 0.05) is 29.6 Å². The number of amides is 1. The van der Waals surface area contributed by atoms with E-state index in [0.29, 0.717) is 23.1 Å². The number of hydrogen-bond donors (Lipinski definition) is 1. The lowest BCUT2D eigenvalue weighted by Crippen LogP contribution is -2.31. The number of carbonyl (C=O) groups is 1. The second-order valence-electron chi connectivity index (χ2n) is 4.76. The topological polar surface area (TPSA) is 46.3 Å². The first-order valence-corrected chi connectivity index (χ1v) is 7.10. The average molecular weight is 303 g/mol. The smallest absolute Gasteiger partial charge is 0.225 e. The van der Waals surface area contributed by atoms with Crippen molar-refractivity contribution in [3.8, 4) is 0 Å². The Balaban J connectivity index is 2.63. The summed E-state index contributed by atoms with van der Waals surface area (Å²) in [6.45, 7) is 3.03. The fourth-order valence-corrected chi connectivity index (χ4v) is 2.38. The summed E-state index contributed by atoms with van der Waals surface area (Å²) in [5, 5.41) is 1.18. The van der Waals surface area contributed by atoms with Crippen LogP contribution in [0.3, 0.4) is 0 Å². The molecule has 0 aliphatic heterocycles. The lowest BCUT2D eigenvalue weighted by Gasteiger charge is -2.22. The molecular formula is C14H20Cl2N2O. The van der Waals surface area contributed by atoms with Crippen molar-refractivity contribution in [1.82, 2.24) is 4.90 Å². The molecule has 1 unspecified atom stereocenters. The molecule has 5 heteroatoms. The Morgan fingerprint density at radius 2 is 2.11 bits per heavy atom. The molecule has 0 heterocycles. The van der Waals surface area contributed by atoms with Crippen LogP contribution in [0.1, 0.15) is 25.3 Å². The molecule has 0 saturated heterocycles.